The van der Waals surface area contributed by atoms with Crippen molar-refractivity contribution in [2.75, 3.05) is 33.3 Å². The van der Waals surface area contributed by atoms with E-state index in [2.05, 4.69) is 23.3 Å². The Bertz CT molecular complexity index is 880. The molecule has 28 heavy (non-hydrogen) atoms. The molecular weight excluding hydrogens is 357 g/mol. The Balaban J connectivity index is 1.37. The minimum Gasteiger partial charge on any atom is -0.494 e. The molecule has 6 heteroatoms. The van der Waals surface area contributed by atoms with Crippen molar-refractivity contribution < 1.29 is 13.9 Å². The summed E-state index contributed by atoms with van der Waals surface area (Å²) < 4.78 is 21.2. The standard InChI is InChI=1S/C22H28FN3O2/c1-15-12-19(16(2)26(15)18-5-6-18)22(27)25-10-8-24(9-11-25)14-17-4-7-21(28-3)20(23)13-17/h4,7,12-13,18H,5-6,8-11,14H2,1-3H3. The van der Waals surface area contributed by atoms with Gasteiger partial charge in [-0.25, -0.2) is 4.39 Å². The molecule has 0 bridgehead atoms. The highest BCUT2D eigenvalue weighted by Gasteiger charge is 2.30. The molecule has 4 rings (SSSR count). The number of benzene rings is 1. The van der Waals surface area contributed by atoms with Crippen molar-refractivity contribution in [3.63, 3.8) is 0 Å². The van der Waals surface area contributed by atoms with E-state index in [0.29, 0.717) is 25.7 Å². The first-order valence-corrected chi connectivity index (χ1v) is 10.0. The lowest BCUT2D eigenvalue weighted by atomic mass is 10.1. The van der Waals surface area contributed by atoms with Gasteiger partial charge < -0.3 is 14.2 Å². The second-order valence-corrected chi connectivity index (χ2v) is 7.92. The zero-order chi connectivity index (χ0) is 19.8. The van der Waals surface area contributed by atoms with Gasteiger partial charge in [0.15, 0.2) is 11.6 Å². The average Bonchev–Trinajstić information content (AvgIpc) is 3.47. The fourth-order valence-corrected chi connectivity index (χ4v) is 4.23. The Morgan fingerprint density at radius 3 is 2.46 bits per heavy atom. The maximum absolute atomic E-state index is 13.9. The van der Waals surface area contributed by atoms with E-state index in [1.54, 1.807) is 6.07 Å². The van der Waals surface area contributed by atoms with Crippen LogP contribution >= 0.6 is 0 Å². The van der Waals surface area contributed by atoms with Gasteiger partial charge in [-0.15, -0.1) is 0 Å². The first-order chi connectivity index (χ1) is 13.5. The number of hydrogen-bond donors (Lipinski definition) is 0. The van der Waals surface area contributed by atoms with Crippen molar-refractivity contribution in [2.45, 2.75) is 39.3 Å². The monoisotopic (exact) mass is 385 g/mol. The van der Waals surface area contributed by atoms with Crippen LogP contribution in [0.2, 0.25) is 0 Å². The van der Waals surface area contributed by atoms with E-state index in [4.69, 9.17) is 4.74 Å². The first-order valence-electron chi connectivity index (χ1n) is 10.0. The van der Waals surface area contributed by atoms with Crippen molar-refractivity contribution in [3.8, 4) is 5.75 Å². The van der Waals surface area contributed by atoms with Crippen molar-refractivity contribution in [2.24, 2.45) is 0 Å². The topological polar surface area (TPSA) is 37.7 Å². The lowest BCUT2D eigenvalue weighted by Crippen LogP contribution is -2.48. The van der Waals surface area contributed by atoms with Crippen LogP contribution in [0.25, 0.3) is 0 Å². The molecule has 2 heterocycles. The number of aryl methyl sites for hydroxylation is 1. The summed E-state index contributed by atoms with van der Waals surface area (Å²) in [5, 5.41) is 0. The Kier molecular flexibility index (Phi) is 5.15. The average molecular weight is 385 g/mol. The third-order valence-corrected chi connectivity index (χ3v) is 5.91. The Labute approximate surface area is 165 Å². The number of methoxy groups -OCH3 is 1. The lowest BCUT2D eigenvalue weighted by molar-refractivity contribution is 0.0627. The first kappa shape index (κ1) is 19.0. The number of amides is 1. The fraction of sp³-hybridized carbons (Fsp3) is 0.500. The van der Waals surface area contributed by atoms with Crippen LogP contribution in [0, 0.1) is 19.7 Å². The summed E-state index contributed by atoms with van der Waals surface area (Å²) in [5.74, 6) is 0.0675. The van der Waals surface area contributed by atoms with Gasteiger partial charge in [0, 0.05) is 50.2 Å². The number of aromatic nitrogens is 1. The number of ether oxygens (including phenoxy) is 1. The zero-order valence-corrected chi connectivity index (χ0v) is 16.9. The molecule has 0 N–H and O–H groups in total. The van der Waals surface area contributed by atoms with Crippen LogP contribution in [0.15, 0.2) is 24.3 Å². The van der Waals surface area contributed by atoms with Crippen LogP contribution in [0.3, 0.4) is 0 Å². The predicted molar refractivity (Wildman–Crippen MR) is 106 cm³/mol. The smallest absolute Gasteiger partial charge is 0.255 e. The van der Waals surface area contributed by atoms with Crippen LogP contribution in [0.1, 0.15) is 46.2 Å². The van der Waals surface area contributed by atoms with Gasteiger partial charge in [-0.2, -0.15) is 0 Å². The van der Waals surface area contributed by atoms with Gasteiger partial charge >= 0.3 is 0 Å². The zero-order valence-electron chi connectivity index (χ0n) is 16.9. The van der Waals surface area contributed by atoms with E-state index in [-0.39, 0.29) is 17.5 Å². The highest BCUT2D eigenvalue weighted by atomic mass is 19.1. The van der Waals surface area contributed by atoms with Gasteiger partial charge in [0.25, 0.3) is 5.91 Å². The normalized spacial score (nSPS) is 17.8. The summed E-state index contributed by atoms with van der Waals surface area (Å²) in [7, 11) is 1.47. The Morgan fingerprint density at radius 1 is 1.14 bits per heavy atom. The molecule has 0 spiro atoms. The number of hydrogen-bond acceptors (Lipinski definition) is 3. The molecule has 0 unspecified atom stereocenters. The minimum absolute atomic E-state index is 0.134. The van der Waals surface area contributed by atoms with Crippen molar-refractivity contribution >= 4 is 5.91 Å². The largest absolute Gasteiger partial charge is 0.494 e. The van der Waals surface area contributed by atoms with E-state index in [1.807, 2.05) is 17.0 Å². The Morgan fingerprint density at radius 2 is 1.86 bits per heavy atom. The predicted octanol–water partition coefficient (Wildman–Crippen LogP) is 3.55. The van der Waals surface area contributed by atoms with Gasteiger partial charge in [0.1, 0.15) is 0 Å². The van der Waals surface area contributed by atoms with Crippen molar-refractivity contribution in [1.29, 1.82) is 0 Å². The van der Waals surface area contributed by atoms with Crippen molar-refractivity contribution in [3.05, 3.63) is 52.6 Å². The third kappa shape index (κ3) is 3.65. The fourth-order valence-electron chi connectivity index (χ4n) is 4.23. The van der Waals surface area contributed by atoms with Gasteiger partial charge in [-0.1, -0.05) is 6.07 Å². The summed E-state index contributed by atoms with van der Waals surface area (Å²) in [5.41, 5.74) is 4.05. The summed E-state index contributed by atoms with van der Waals surface area (Å²) in [6, 6.07) is 7.72. The van der Waals surface area contributed by atoms with E-state index in [9.17, 15) is 9.18 Å². The second-order valence-electron chi connectivity index (χ2n) is 7.92. The molecule has 1 aliphatic carbocycles. The highest BCUT2D eigenvalue weighted by molar-refractivity contribution is 5.95. The van der Waals surface area contributed by atoms with Crippen molar-refractivity contribution in [1.82, 2.24) is 14.4 Å². The molecule has 2 aromatic rings. The SMILES string of the molecule is COc1ccc(CN2CCN(C(=O)c3cc(C)n(C4CC4)c3C)CC2)cc1F. The van der Waals surface area contributed by atoms with Gasteiger partial charge in [-0.3, -0.25) is 9.69 Å². The number of halogens is 1. The summed E-state index contributed by atoms with van der Waals surface area (Å²) >= 11 is 0. The quantitative estimate of drug-likeness (QED) is 0.790. The molecular formula is C22H28FN3O2. The van der Waals surface area contributed by atoms with E-state index in [1.165, 1.54) is 31.7 Å². The number of rotatable bonds is 5. The molecule has 1 saturated heterocycles. The van der Waals surface area contributed by atoms with Gasteiger partial charge in [-0.05, 0) is 50.5 Å². The second kappa shape index (κ2) is 7.59. The summed E-state index contributed by atoms with van der Waals surface area (Å²) in [6.07, 6.45) is 2.43. The number of carbonyl (C=O) groups excluding carboxylic acids is 1. The van der Waals surface area contributed by atoms with Crippen LogP contribution in [0.5, 0.6) is 5.75 Å². The molecule has 2 aliphatic rings. The highest BCUT2D eigenvalue weighted by Crippen LogP contribution is 2.38. The molecule has 1 aliphatic heterocycles. The maximum atomic E-state index is 13.9. The van der Waals surface area contributed by atoms with Crippen LogP contribution in [-0.4, -0.2) is 53.6 Å². The molecule has 0 atom stereocenters. The number of carbonyl (C=O) groups is 1. The summed E-state index contributed by atoms with van der Waals surface area (Å²) in [4.78, 5) is 17.3. The molecule has 5 nitrogen and oxygen atoms in total. The minimum atomic E-state index is -0.333. The van der Waals surface area contributed by atoms with Gasteiger partial charge in [0.05, 0.1) is 12.7 Å². The molecule has 1 saturated carbocycles. The number of nitrogens with zero attached hydrogens (tertiary/aromatic N) is 3. The van der Waals surface area contributed by atoms with Crippen LogP contribution in [0.4, 0.5) is 4.39 Å². The lowest BCUT2D eigenvalue weighted by Gasteiger charge is -2.34. The summed E-state index contributed by atoms with van der Waals surface area (Å²) in [6.45, 7) is 7.82. The van der Waals surface area contributed by atoms with E-state index < -0.39 is 0 Å². The van der Waals surface area contributed by atoms with Crippen LogP contribution in [-0.2, 0) is 6.54 Å². The third-order valence-electron chi connectivity index (χ3n) is 5.91. The van der Waals surface area contributed by atoms with E-state index in [0.717, 1.165) is 29.9 Å². The van der Waals surface area contributed by atoms with E-state index >= 15 is 0 Å². The molecule has 2 fully saturated rings. The van der Waals surface area contributed by atoms with Gasteiger partial charge in [0.2, 0.25) is 0 Å². The molecule has 1 aromatic carbocycles. The van der Waals surface area contributed by atoms with Crippen LogP contribution < -0.4 is 4.74 Å². The molecule has 1 aromatic heterocycles. The molecule has 1 amide bonds. The molecule has 0 radical (unpaired) electrons. The Hall–Kier alpha value is -2.34. The number of piperazine rings is 1. The molecule has 150 valence electrons. The maximum Gasteiger partial charge on any atom is 0.255 e.